The largest absolute Gasteiger partial charge is 0.309 e. The zero-order valence-corrected chi connectivity index (χ0v) is 10.3. The van der Waals surface area contributed by atoms with Gasteiger partial charge in [-0.25, -0.2) is 0 Å². The fourth-order valence-corrected chi connectivity index (χ4v) is 1.73. The Hall–Kier alpha value is -2.02. The highest BCUT2D eigenvalue weighted by atomic mass is 16.6. The van der Waals surface area contributed by atoms with Crippen molar-refractivity contribution in [2.45, 2.75) is 12.8 Å². The van der Waals surface area contributed by atoms with Crippen LogP contribution in [0.15, 0.2) is 18.2 Å². The van der Waals surface area contributed by atoms with E-state index in [9.17, 15) is 20.2 Å². The molecule has 0 unspecified atom stereocenters. The highest BCUT2D eigenvalue weighted by Gasteiger charge is 2.23. The SMILES string of the molecule is CN(C)CCCc1c([N+](=O)[O-])cccc1[N+](=O)[O-]. The van der Waals surface area contributed by atoms with Crippen molar-refractivity contribution in [3.63, 3.8) is 0 Å². The van der Waals surface area contributed by atoms with Crippen LogP contribution in [0.1, 0.15) is 12.0 Å². The Morgan fingerprint density at radius 1 is 1.11 bits per heavy atom. The zero-order chi connectivity index (χ0) is 13.7. The normalized spacial score (nSPS) is 10.6. The quantitative estimate of drug-likeness (QED) is 0.571. The average molecular weight is 253 g/mol. The molecule has 0 spiro atoms. The highest BCUT2D eigenvalue weighted by molar-refractivity contribution is 5.53. The van der Waals surface area contributed by atoms with Gasteiger partial charge in [-0.1, -0.05) is 0 Å². The van der Waals surface area contributed by atoms with E-state index in [1.54, 1.807) is 0 Å². The molecule has 0 heterocycles. The maximum atomic E-state index is 10.9. The maximum Gasteiger partial charge on any atom is 0.279 e. The summed E-state index contributed by atoms with van der Waals surface area (Å²) in [6, 6.07) is 3.95. The van der Waals surface area contributed by atoms with Gasteiger partial charge in [0.1, 0.15) is 5.56 Å². The van der Waals surface area contributed by atoms with Gasteiger partial charge in [0.25, 0.3) is 11.4 Å². The Labute approximate surface area is 104 Å². The van der Waals surface area contributed by atoms with E-state index in [-0.39, 0.29) is 16.9 Å². The van der Waals surface area contributed by atoms with Crippen LogP contribution >= 0.6 is 0 Å². The van der Waals surface area contributed by atoms with Gasteiger partial charge < -0.3 is 4.90 Å². The zero-order valence-electron chi connectivity index (χ0n) is 10.3. The molecule has 0 saturated carbocycles. The van der Waals surface area contributed by atoms with E-state index in [1.807, 2.05) is 19.0 Å². The van der Waals surface area contributed by atoms with E-state index in [1.165, 1.54) is 18.2 Å². The molecule has 1 rings (SSSR count). The molecule has 0 amide bonds. The fraction of sp³-hybridized carbons (Fsp3) is 0.455. The molecular formula is C11H15N3O4. The van der Waals surface area contributed by atoms with Gasteiger partial charge in [-0.2, -0.15) is 0 Å². The molecule has 0 fully saturated rings. The Morgan fingerprint density at radius 2 is 1.61 bits per heavy atom. The van der Waals surface area contributed by atoms with Crippen LogP contribution in [0.5, 0.6) is 0 Å². The van der Waals surface area contributed by atoms with Gasteiger partial charge in [-0.05, 0) is 39.5 Å². The van der Waals surface area contributed by atoms with Crippen molar-refractivity contribution in [2.75, 3.05) is 20.6 Å². The van der Waals surface area contributed by atoms with Gasteiger partial charge in [0.2, 0.25) is 0 Å². The van der Waals surface area contributed by atoms with Crippen molar-refractivity contribution >= 4 is 11.4 Å². The van der Waals surface area contributed by atoms with Crippen LogP contribution in [0.2, 0.25) is 0 Å². The second-order valence-electron chi connectivity index (χ2n) is 4.20. The van der Waals surface area contributed by atoms with E-state index >= 15 is 0 Å². The first kappa shape index (κ1) is 14.0. The van der Waals surface area contributed by atoms with E-state index in [2.05, 4.69) is 0 Å². The Bertz CT molecular complexity index is 427. The maximum absolute atomic E-state index is 10.9. The van der Waals surface area contributed by atoms with Gasteiger partial charge in [0, 0.05) is 12.1 Å². The number of nitrogens with zero attached hydrogens (tertiary/aromatic N) is 3. The van der Waals surface area contributed by atoms with Crippen LogP contribution in [0.25, 0.3) is 0 Å². The number of hydrogen-bond donors (Lipinski definition) is 0. The molecular weight excluding hydrogens is 238 g/mol. The molecule has 0 N–H and O–H groups in total. The molecule has 0 aliphatic rings. The molecule has 1 aromatic carbocycles. The lowest BCUT2D eigenvalue weighted by Gasteiger charge is -2.09. The summed E-state index contributed by atoms with van der Waals surface area (Å²) in [6.07, 6.45) is 0.963. The third-order valence-corrected chi connectivity index (χ3v) is 2.55. The first-order valence-corrected chi connectivity index (χ1v) is 5.49. The Balaban J connectivity index is 3.03. The van der Waals surface area contributed by atoms with E-state index in [0.717, 1.165) is 6.54 Å². The summed E-state index contributed by atoms with van der Waals surface area (Å²) in [5, 5.41) is 21.7. The number of rotatable bonds is 6. The Morgan fingerprint density at radius 3 is 2.00 bits per heavy atom. The molecule has 7 heteroatoms. The number of nitro benzene ring substituents is 2. The van der Waals surface area contributed by atoms with Crippen molar-refractivity contribution in [2.24, 2.45) is 0 Å². The molecule has 0 aliphatic carbocycles. The lowest BCUT2D eigenvalue weighted by molar-refractivity contribution is -0.395. The highest BCUT2D eigenvalue weighted by Crippen LogP contribution is 2.29. The van der Waals surface area contributed by atoms with Crippen molar-refractivity contribution in [1.29, 1.82) is 0 Å². The van der Waals surface area contributed by atoms with Crippen molar-refractivity contribution in [3.8, 4) is 0 Å². The average Bonchev–Trinajstić information content (AvgIpc) is 2.28. The van der Waals surface area contributed by atoms with Crippen LogP contribution in [0, 0.1) is 20.2 Å². The molecule has 7 nitrogen and oxygen atoms in total. The molecule has 0 saturated heterocycles. The summed E-state index contributed by atoms with van der Waals surface area (Å²) in [6.45, 7) is 0.725. The summed E-state index contributed by atoms with van der Waals surface area (Å²) in [7, 11) is 3.77. The minimum absolute atomic E-state index is 0.178. The topological polar surface area (TPSA) is 89.5 Å². The molecule has 1 aromatic rings. The van der Waals surface area contributed by atoms with E-state index in [4.69, 9.17) is 0 Å². The van der Waals surface area contributed by atoms with Gasteiger partial charge in [0.05, 0.1) is 9.85 Å². The number of hydrogen-bond acceptors (Lipinski definition) is 5. The number of benzene rings is 1. The van der Waals surface area contributed by atoms with Crippen molar-refractivity contribution in [3.05, 3.63) is 44.0 Å². The predicted molar refractivity (Wildman–Crippen MR) is 66.6 cm³/mol. The van der Waals surface area contributed by atoms with Crippen molar-refractivity contribution < 1.29 is 9.85 Å². The molecule has 0 atom stereocenters. The second-order valence-corrected chi connectivity index (χ2v) is 4.20. The summed E-state index contributed by atoms with van der Waals surface area (Å²) in [5.41, 5.74) is -0.153. The minimum atomic E-state index is -0.571. The monoisotopic (exact) mass is 253 g/mol. The minimum Gasteiger partial charge on any atom is -0.309 e. The second kappa shape index (κ2) is 6.06. The smallest absolute Gasteiger partial charge is 0.279 e. The van der Waals surface area contributed by atoms with Gasteiger partial charge in [0.15, 0.2) is 0 Å². The van der Waals surface area contributed by atoms with Crippen LogP contribution in [-0.4, -0.2) is 35.4 Å². The van der Waals surface area contributed by atoms with E-state index in [0.29, 0.717) is 12.8 Å². The fourth-order valence-electron chi connectivity index (χ4n) is 1.73. The van der Waals surface area contributed by atoms with Gasteiger partial charge in [-0.3, -0.25) is 20.2 Å². The lowest BCUT2D eigenvalue weighted by Crippen LogP contribution is -2.14. The van der Waals surface area contributed by atoms with E-state index < -0.39 is 9.85 Å². The number of nitro groups is 2. The van der Waals surface area contributed by atoms with Crippen LogP contribution < -0.4 is 0 Å². The molecule has 0 radical (unpaired) electrons. The van der Waals surface area contributed by atoms with Crippen molar-refractivity contribution in [1.82, 2.24) is 4.90 Å². The van der Waals surface area contributed by atoms with Crippen LogP contribution in [-0.2, 0) is 6.42 Å². The standard InChI is InChI=1S/C11H15N3O4/c1-12(2)8-4-5-9-10(13(15)16)6-3-7-11(9)14(17)18/h3,6-7H,4-5,8H2,1-2H3. The third-order valence-electron chi connectivity index (χ3n) is 2.55. The summed E-state index contributed by atoms with van der Waals surface area (Å²) < 4.78 is 0. The van der Waals surface area contributed by atoms with Gasteiger partial charge in [-0.15, -0.1) is 0 Å². The summed E-state index contributed by atoms with van der Waals surface area (Å²) >= 11 is 0. The molecule has 0 aromatic heterocycles. The molecule has 18 heavy (non-hydrogen) atoms. The predicted octanol–water partition coefficient (Wildman–Crippen LogP) is 2.00. The molecule has 0 aliphatic heterocycles. The summed E-state index contributed by atoms with van der Waals surface area (Å²) in [4.78, 5) is 22.5. The van der Waals surface area contributed by atoms with Crippen LogP contribution in [0.3, 0.4) is 0 Å². The summed E-state index contributed by atoms with van der Waals surface area (Å²) in [5.74, 6) is 0. The molecule has 98 valence electrons. The first-order valence-electron chi connectivity index (χ1n) is 5.49. The third kappa shape index (κ3) is 3.49. The molecule has 0 bridgehead atoms. The lowest BCUT2D eigenvalue weighted by atomic mass is 10.1. The Kier molecular flexibility index (Phi) is 4.73. The van der Waals surface area contributed by atoms with Gasteiger partial charge >= 0.3 is 0 Å². The first-order chi connectivity index (χ1) is 8.43. The van der Waals surface area contributed by atoms with Crippen LogP contribution in [0.4, 0.5) is 11.4 Å².